The molecule has 1 aliphatic heterocycles. The van der Waals surface area contributed by atoms with Crippen molar-refractivity contribution in [1.82, 2.24) is 9.97 Å². The average Bonchev–Trinajstić information content (AvgIpc) is 2.41. The summed E-state index contributed by atoms with van der Waals surface area (Å²) in [5, 5.41) is 0.305. The van der Waals surface area contributed by atoms with Gasteiger partial charge >= 0.3 is 0 Å². The van der Waals surface area contributed by atoms with Crippen molar-refractivity contribution in [2.75, 3.05) is 0 Å². The average molecular weight is 210 g/mol. The molecule has 0 aliphatic carbocycles. The van der Waals surface area contributed by atoms with Gasteiger partial charge in [0.05, 0.1) is 5.69 Å². The van der Waals surface area contributed by atoms with Gasteiger partial charge in [-0.15, -0.1) is 0 Å². The third kappa shape index (κ3) is 1.77. The molecular formula is C10H12ClN3. The van der Waals surface area contributed by atoms with Gasteiger partial charge in [0, 0.05) is 11.8 Å². The van der Waals surface area contributed by atoms with E-state index in [1.807, 2.05) is 6.21 Å². The van der Waals surface area contributed by atoms with Gasteiger partial charge in [0.2, 0.25) is 5.28 Å². The maximum Gasteiger partial charge on any atom is 0.224 e. The molecule has 0 atom stereocenters. The first-order valence-electron chi connectivity index (χ1n) is 4.89. The Balaban J connectivity index is 2.55. The summed E-state index contributed by atoms with van der Waals surface area (Å²) in [7, 11) is 0. The van der Waals surface area contributed by atoms with Gasteiger partial charge in [0.25, 0.3) is 0 Å². The summed E-state index contributed by atoms with van der Waals surface area (Å²) in [6, 6.07) is 0. The van der Waals surface area contributed by atoms with Crippen LogP contribution in [0.4, 0.5) is 5.82 Å². The number of hydrogen-bond acceptors (Lipinski definition) is 3. The molecule has 1 aromatic rings. The molecule has 0 amide bonds. The van der Waals surface area contributed by atoms with Crippen LogP contribution >= 0.6 is 11.6 Å². The lowest BCUT2D eigenvalue weighted by molar-refractivity contribution is 0.844. The largest absolute Gasteiger partial charge is 0.241 e. The van der Waals surface area contributed by atoms with E-state index in [2.05, 4.69) is 21.9 Å². The van der Waals surface area contributed by atoms with Gasteiger partial charge in [0.15, 0.2) is 5.82 Å². The third-order valence-corrected chi connectivity index (χ3v) is 2.52. The van der Waals surface area contributed by atoms with Crippen LogP contribution in [0.15, 0.2) is 4.99 Å². The Morgan fingerprint density at radius 3 is 3.07 bits per heavy atom. The molecule has 2 rings (SSSR count). The first kappa shape index (κ1) is 9.59. The van der Waals surface area contributed by atoms with E-state index in [0.717, 1.165) is 37.2 Å². The van der Waals surface area contributed by atoms with Crippen LogP contribution in [0.1, 0.15) is 31.0 Å². The minimum absolute atomic E-state index is 0.305. The summed E-state index contributed by atoms with van der Waals surface area (Å²) >= 11 is 5.82. The fourth-order valence-corrected chi connectivity index (χ4v) is 1.85. The number of hydrogen-bond donors (Lipinski definition) is 0. The van der Waals surface area contributed by atoms with Crippen molar-refractivity contribution in [2.45, 2.75) is 32.6 Å². The highest BCUT2D eigenvalue weighted by Crippen LogP contribution is 2.25. The second-order valence-electron chi connectivity index (χ2n) is 3.30. The van der Waals surface area contributed by atoms with Crippen molar-refractivity contribution in [3.63, 3.8) is 0 Å². The maximum atomic E-state index is 5.82. The van der Waals surface area contributed by atoms with Crippen molar-refractivity contribution < 1.29 is 0 Å². The van der Waals surface area contributed by atoms with Crippen molar-refractivity contribution in [3.05, 3.63) is 16.5 Å². The van der Waals surface area contributed by atoms with E-state index in [9.17, 15) is 0 Å². The Hall–Kier alpha value is -0.960. The smallest absolute Gasteiger partial charge is 0.224 e. The van der Waals surface area contributed by atoms with Crippen molar-refractivity contribution >= 4 is 23.6 Å². The molecule has 0 bridgehead atoms. The highest BCUT2D eigenvalue weighted by atomic mass is 35.5. The summed E-state index contributed by atoms with van der Waals surface area (Å²) in [6.07, 6.45) is 5.94. The fourth-order valence-electron chi connectivity index (χ4n) is 1.66. The quantitative estimate of drug-likeness (QED) is 0.667. The summed E-state index contributed by atoms with van der Waals surface area (Å²) in [4.78, 5) is 12.7. The standard InChI is InChI=1S/C10H12ClN3/c1-2-8-7-5-3-4-6-12-9(7)14-10(11)13-8/h6H,2-5H2,1H3. The van der Waals surface area contributed by atoms with E-state index in [1.165, 1.54) is 5.56 Å². The van der Waals surface area contributed by atoms with E-state index >= 15 is 0 Å². The zero-order chi connectivity index (χ0) is 9.97. The molecule has 4 heteroatoms. The molecule has 1 aromatic heterocycles. The lowest BCUT2D eigenvalue weighted by Gasteiger charge is -2.07. The van der Waals surface area contributed by atoms with Crippen LogP contribution in [0.5, 0.6) is 0 Å². The van der Waals surface area contributed by atoms with E-state index < -0.39 is 0 Å². The first-order valence-corrected chi connectivity index (χ1v) is 5.27. The third-order valence-electron chi connectivity index (χ3n) is 2.35. The lowest BCUT2D eigenvalue weighted by atomic mass is 10.1. The summed E-state index contributed by atoms with van der Waals surface area (Å²) in [5.41, 5.74) is 2.21. The van der Waals surface area contributed by atoms with Gasteiger partial charge in [-0.3, -0.25) is 0 Å². The number of aliphatic imine (C=N–C) groups is 1. The molecule has 0 fully saturated rings. The number of rotatable bonds is 1. The Kier molecular flexibility index (Phi) is 2.77. The van der Waals surface area contributed by atoms with Crippen LogP contribution in [0.3, 0.4) is 0 Å². The van der Waals surface area contributed by atoms with Crippen LogP contribution in [0, 0.1) is 0 Å². The molecular weight excluding hydrogens is 198 g/mol. The second-order valence-corrected chi connectivity index (χ2v) is 3.64. The van der Waals surface area contributed by atoms with Crippen LogP contribution in [0.2, 0.25) is 5.28 Å². The van der Waals surface area contributed by atoms with Gasteiger partial charge in [0.1, 0.15) is 0 Å². The zero-order valence-electron chi connectivity index (χ0n) is 8.13. The van der Waals surface area contributed by atoms with Gasteiger partial charge in [-0.2, -0.15) is 4.98 Å². The Labute approximate surface area is 88.3 Å². The molecule has 2 heterocycles. The molecule has 1 aliphatic rings. The first-order chi connectivity index (χ1) is 6.81. The van der Waals surface area contributed by atoms with Gasteiger partial charge < -0.3 is 0 Å². The predicted octanol–water partition coefficient (Wildman–Crippen LogP) is 2.73. The van der Waals surface area contributed by atoms with E-state index in [0.29, 0.717) is 5.28 Å². The van der Waals surface area contributed by atoms with E-state index in [1.54, 1.807) is 0 Å². The number of nitrogens with zero attached hydrogens (tertiary/aromatic N) is 3. The monoisotopic (exact) mass is 209 g/mol. The summed E-state index contributed by atoms with van der Waals surface area (Å²) < 4.78 is 0. The van der Waals surface area contributed by atoms with Crippen LogP contribution in [-0.2, 0) is 12.8 Å². The Morgan fingerprint density at radius 1 is 1.43 bits per heavy atom. The number of aryl methyl sites for hydroxylation is 1. The van der Waals surface area contributed by atoms with Crippen molar-refractivity contribution in [1.29, 1.82) is 0 Å². The van der Waals surface area contributed by atoms with Gasteiger partial charge in [-0.05, 0) is 37.3 Å². The van der Waals surface area contributed by atoms with Crippen molar-refractivity contribution in [3.8, 4) is 0 Å². The molecule has 0 saturated heterocycles. The molecule has 0 radical (unpaired) electrons. The highest BCUT2D eigenvalue weighted by molar-refractivity contribution is 6.28. The zero-order valence-corrected chi connectivity index (χ0v) is 8.88. The molecule has 0 saturated carbocycles. The number of fused-ring (bicyclic) bond motifs is 1. The predicted molar refractivity (Wildman–Crippen MR) is 57.5 cm³/mol. The topological polar surface area (TPSA) is 38.1 Å². The summed E-state index contributed by atoms with van der Waals surface area (Å²) in [6.45, 7) is 2.08. The molecule has 3 nitrogen and oxygen atoms in total. The van der Waals surface area contributed by atoms with Crippen LogP contribution in [-0.4, -0.2) is 16.2 Å². The Bertz CT molecular complexity index is 374. The fraction of sp³-hybridized carbons (Fsp3) is 0.500. The van der Waals surface area contributed by atoms with E-state index in [-0.39, 0.29) is 0 Å². The highest BCUT2D eigenvalue weighted by Gasteiger charge is 2.13. The van der Waals surface area contributed by atoms with Gasteiger partial charge in [-0.25, -0.2) is 9.98 Å². The number of halogens is 1. The maximum absolute atomic E-state index is 5.82. The van der Waals surface area contributed by atoms with Crippen LogP contribution in [0.25, 0.3) is 0 Å². The minimum Gasteiger partial charge on any atom is -0.241 e. The van der Waals surface area contributed by atoms with E-state index in [4.69, 9.17) is 11.6 Å². The number of aromatic nitrogens is 2. The molecule has 0 unspecified atom stereocenters. The Morgan fingerprint density at radius 2 is 2.29 bits per heavy atom. The molecule has 0 spiro atoms. The van der Waals surface area contributed by atoms with Gasteiger partial charge in [-0.1, -0.05) is 6.92 Å². The lowest BCUT2D eigenvalue weighted by Crippen LogP contribution is -1.99. The SMILES string of the molecule is CCc1nc(Cl)nc2c1CCCC=N2. The minimum atomic E-state index is 0.305. The normalized spacial score (nSPS) is 15.0. The van der Waals surface area contributed by atoms with Crippen molar-refractivity contribution in [2.24, 2.45) is 4.99 Å². The summed E-state index contributed by atoms with van der Waals surface area (Å²) in [5.74, 6) is 0.763. The molecule has 0 aromatic carbocycles. The molecule has 0 N–H and O–H groups in total. The van der Waals surface area contributed by atoms with Crippen LogP contribution < -0.4 is 0 Å². The molecule has 14 heavy (non-hydrogen) atoms. The second kappa shape index (κ2) is 4.05. The molecule has 74 valence electrons.